The number of para-hydroxylation sites is 1. The monoisotopic (exact) mass is 358 g/mol. The fourth-order valence-corrected chi connectivity index (χ4v) is 3.77. The van der Waals surface area contributed by atoms with E-state index < -0.39 is 0 Å². The summed E-state index contributed by atoms with van der Waals surface area (Å²) in [4.78, 5) is 20.0. The highest BCUT2D eigenvalue weighted by Crippen LogP contribution is 2.27. The Morgan fingerprint density at radius 1 is 1.29 bits per heavy atom. The van der Waals surface area contributed by atoms with E-state index in [0.29, 0.717) is 11.7 Å². The van der Waals surface area contributed by atoms with Crippen molar-refractivity contribution in [3.8, 4) is 10.7 Å². The Morgan fingerprint density at radius 3 is 2.75 bits per heavy atom. The van der Waals surface area contributed by atoms with Crippen LogP contribution < -0.4 is 4.90 Å². The molecule has 3 aromatic rings. The van der Waals surface area contributed by atoms with Gasteiger partial charge in [-0.2, -0.15) is 0 Å². The number of rotatable bonds is 6. The molecular formula is C17H18N4OS2. The summed E-state index contributed by atoms with van der Waals surface area (Å²) in [6, 6.07) is 13.7. The summed E-state index contributed by atoms with van der Waals surface area (Å²) < 4.78 is 0. The molecule has 0 fully saturated rings. The normalized spacial score (nSPS) is 12.1. The summed E-state index contributed by atoms with van der Waals surface area (Å²) in [6.07, 6.45) is 0. The summed E-state index contributed by atoms with van der Waals surface area (Å²) in [6.45, 7) is 4.49. The van der Waals surface area contributed by atoms with Crippen molar-refractivity contribution in [2.45, 2.75) is 24.3 Å². The van der Waals surface area contributed by atoms with Gasteiger partial charge in [-0.25, -0.2) is 4.98 Å². The largest absolute Gasteiger partial charge is 0.312 e. The molecule has 0 radical (unpaired) electrons. The summed E-state index contributed by atoms with van der Waals surface area (Å²) in [5.74, 6) is 0.790. The van der Waals surface area contributed by atoms with Crippen molar-refractivity contribution < 1.29 is 4.79 Å². The molecule has 0 unspecified atom stereocenters. The number of amides is 1. The van der Waals surface area contributed by atoms with Gasteiger partial charge < -0.3 is 4.90 Å². The molecule has 3 rings (SSSR count). The molecule has 124 valence electrons. The third-order valence-electron chi connectivity index (χ3n) is 3.50. The second kappa shape index (κ2) is 7.63. The number of aromatic amines is 1. The molecule has 7 heteroatoms. The van der Waals surface area contributed by atoms with E-state index in [1.807, 2.05) is 61.7 Å². The molecule has 0 saturated carbocycles. The average Bonchev–Trinajstić information content (AvgIpc) is 3.27. The first kappa shape index (κ1) is 16.7. The van der Waals surface area contributed by atoms with Gasteiger partial charge in [0, 0.05) is 12.2 Å². The van der Waals surface area contributed by atoms with Crippen molar-refractivity contribution in [2.75, 3.05) is 11.4 Å². The molecule has 2 heterocycles. The molecule has 0 bridgehead atoms. The maximum atomic E-state index is 12.8. The van der Waals surface area contributed by atoms with Gasteiger partial charge >= 0.3 is 0 Å². The molecule has 0 spiro atoms. The third-order valence-corrected chi connectivity index (χ3v) is 5.32. The maximum Gasteiger partial charge on any atom is 0.240 e. The lowest BCUT2D eigenvalue weighted by Crippen LogP contribution is -2.36. The van der Waals surface area contributed by atoms with Gasteiger partial charge in [-0.3, -0.25) is 9.89 Å². The number of carbonyl (C=O) groups is 1. The molecule has 0 aliphatic carbocycles. The van der Waals surface area contributed by atoms with Gasteiger partial charge in [0.05, 0.1) is 10.1 Å². The van der Waals surface area contributed by atoms with E-state index in [1.165, 1.54) is 11.8 Å². The van der Waals surface area contributed by atoms with E-state index >= 15 is 0 Å². The first-order valence-corrected chi connectivity index (χ1v) is 9.44. The quantitative estimate of drug-likeness (QED) is 0.675. The first-order valence-electron chi connectivity index (χ1n) is 7.68. The molecule has 0 aliphatic rings. The van der Waals surface area contributed by atoms with E-state index in [-0.39, 0.29) is 11.2 Å². The van der Waals surface area contributed by atoms with Crippen LogP contribution in [0.4, 0.5) is 5.69 Å². The molecule has 1 atom stereocenters. The van der Waals surface area contributed by atoms with Crippen molar-refractivity contribution in [3.05, 3.63) is 47.8 Å². The first-order chi connectivity index (χ1) is 11.7. The lowest BCUT2D eigenvalue weighted by Gasteiger charge is -2.23. The van der Waals surface area contributed by atoms with E-state index in [4.69, 9.17) is 0 Å². The van der Waals surface area contributed by atoms with Crippen molar-refractivity contribution in [1.29, 1.82) is 0 Å². The van der Waals surface area contributed by atoms with Crippen molar-refractivity contribution in [3.63, 3.8) is 0 Å². The number of thioether (sulfide) groups is 1. The molecule has 2 aromatic heterocycles. The van der Waals surface area contributed by atoms with Crippen LogP contribution in [-0.2, 0) is 4.79 Å². The SMILES string of the molecule is CCN(C(=O)[C@@H](C)Sc1n[nH]c(-c2cccs2)n1)c1ccccc1. The lowest BCUT2D eigenvalue weighted by atomic mass is 10.2. The second-order valence-corrected chi connectivity index (χ2v) is 7.38. The molecule has 0 saturated heterocycles. The fraction of sp³-hybridized carbons (Fsp3) is 0.235. The van der Waals surface area contributed by atoms with E-state index in [2.05, 4.69) is 15.2 Å². The molecule has 1 amide bonds. The van der Waals surface area contributed by atoms with Crippen molar-refractivity contribution in [2.24, 2.45) is 0 Å². The Bertz CT molecular complexity index is 786. The Balaban J connectivity index is 1.70. The van der Waals surface area contributed by atoms with Crippen LogP contribution in [0, 0.1) is 0 Å². The minimum absolute atomic E-state index is 0.0520. The standard InChI is InChI=1S/C17H18N4OS2/c1-3-21(13-8-5-4-6-9-13)16(22)12(2)24-17-18-15(19-20-17)14-10-7-11-23-14/h4-12H,3H2,1-2H3,(H,18,19,20)/t12-/m1/s1. The zero-order valence-electron chi connectivity index (χ0n) is 13.5. The number of aromatic nitrogens is 3. The van der Waals surface area contributed by atoms with Gasteiger partial charge in [-0.15, -0.1) is 16.4 Å². The average molecular weight is 358 g/mol. The van der Waals surface area contributed by atoms with E-state index in [1.54, 1.807) is 16.2 Å². The fourth-order valence-electron chi connectivity index (χ4n) is 2.32. The van der Waals surface area contributed by atoms with Crippen LogP contribution in [0.5, 0.6) is 0 Å². The van der Waals surface area contributed by atoms with Crippen LogP contribution in [0.15, 0.2) is 53.0 Å². The minimum Gasteiger partial charge on any atom is -0.312 e. The highest BCUT2D eigenvalue weighted by molar-refractivity contribution is 8.00. The Labute approximate surface area is 149 Å². The smallest absolute Gasteiger partial charge is 0.240 e. The molecule has 1 N–H and O–H groups in total. The zero-order chi connectivity index (χ0) is 16.9. The van der Waals surface area contributed by atoms with Gasteiger partial charge in [0.25, 0.3) is 0 Å². The maximum absolute atomic E-state index is 12.8. The van der Waals surface area contributed by atoms with Gasteiger partial charge in [-0.05, 0) is 37.4 Å². The summed E-state index contributed by atoms with van der Waals surface area (Å²) >= 11 is 2.97. The predicted molar refractivity (Wildman–Crippen MR) is 99.5 cm³/mol. The van der Waals surface area contributed by atoms with Gasteiger partial charge in [0.2, 0.25) is 11.1 Å². The number of hydrogen-bond donors (Lipinski definition) is 1. The summed E-state index contributed by atoms with van der Waals surface area (Å²) in [7, 11) is 0. The Morgan fingerprint density at radius 2 is 2.08 bits per heavy atom. The molecule has 1 aromatic carbocycles. The topological polar surface area (TPSA) is 61.9 Å². The number of carbonyl (C=O) groups excluding carboxylic acids is 1. The van der Waals surface area contributed by atoms with Crippen LogP contribution in [0.3, 0.4) is 0 Å². The summed E-state index contributed by atoms with van der Waals surface area (Å²) in [5.41, 5.74) is 0.909. The minimum atomic E-state index is -0.267. The number of hydrogen-bond acceptors (Lipinski definition) is 5. The van der Waals surface area contributed by atoms with Crippen LogP contribution in [0.2, 0.25) is 0 Å². The van der Waals surface area contributed by atoms with Gasteiger partial charge in [-0.1, -0.05) is 36.0 Å². The zero-order valence-corrected chi connectivity index (χ0v) is 15.1. The van der Waals surface area contributed by atoms with Gasteiger partial charge in [0.15, 0.2) is 5.82 Å². The van der Waals surface area contributed by atoms with Crippen LogP contribution in [-0.4, -0.2) is 32.9 Å². The number of benzene rings is 1. The lowest BCUT2D eigenvalue weighted by molar-refractivity contribution is -0.117. The molecular weight excluding hydrogens is 340 g/mol. The highest BCUT2D eigenvalue weighted by atomic mass is 32.2. The van der Waals surface area contributed by atoms with Crippen LogP contribution >= 0.6 is 23.1 Å². The van der Waals surface area contributed by atoms with Crippen LogP contribution in [0.25, 0.3) is 10.7 Å². The Kier molecular flexibility index (Phi) is 5.32. The number of anilines is 1. The number of thiophene rings is 1. The highest BCUT2D eigenvalue weighted by Gasteiger charge is 2.23. The Hall–Kier alpha value is -2.12. The van der Waals surface area contributed by atoms with Crippen LogP contribution in [0.1, 0.15) is 13.8 Å². The number of nitrogens with zero attached hydrogens (tertiary/aromatic N) is 3. The molecule has 0 aliphatic heterocycles. The van der Waals surface area contributed by atoms with Crippen molar-refractivity contribution >= 4 is 34.7 Å². The van der Waals surface area contributed by atoms with Gasteiger partial charge in [0.1, 0.15) is 0 Å². The summed E-state index contributed by atoms with van der Waals surface area (Å²) in [5, 5.41) is 9.46. The van der Waals surface area contributed by atoms with Crippen molar-refractivity contribution in [1.82, 2.24) is 15.2 Å². The number of nitrogens with one attached hydrogen (secondary N) is 1. The second-order valence-electron chi connectivity index (χ2n) is 5.12. The predicted octanol–water partition coefficient (Wildman–Crippen LogP) is 4.07. The molecule has 24 heavy (non-hydrogen) atoms. The number of H-pyrrole nitrogens is 1. The third kappa shape index (κ3) is 3.68. The van der Waals surface area contributed by atoms with E-state index in [0.717, 1.165) is 16.4 Å². The molecule has 5 nitrogen and oxygen atoms in total. The van der Waals surface area contributed by atoms with E-state index in [9.17, 15) is 4.79 Å².